The Morgan fingerprint density at radius 3 is 2.54 bits per heavy atom. The van der Waals surface area contributed by atoms with Gasteiger partial charge in [0.1, 0.15) is 5.58 Å². The molecule has 1 aliphatic carbocycles. The number of para-hydroxylation sites is 1. The summed E-state index contributed by atoms with van der Waals surface area (Å²) in [5, 5.41) is 2.25. The second-order valence-electron chi connectivity index (χ2n) is 14.1. The maximum atomic E-state index is 6.11. The van der Waals surface area contributed by atoms with Crippen LogP contribution in [0.25, 0.3) is 61.7 Å². The maximum Gasteiger partial charge on any atom is 0.120 e. The number of nitrogens with zero attached hydrogens (tertiary/aromatic N) is 3. The van der Waals surface area contributed by atoms with Gasteiger partial charge in [-0.3, -0.25) is 4.98 Å². The minimum Gasteiger partial charge on any atom is -0.501 e. The Morgan fingerprint density at radius 2 is 1.73 bits per heavy atom. The fraction of sp³-hybridized carbons (Fsp3) is 0.256. The summed E-state index contributed by atoms with van der Waals surface area (Å²) in [6.45, 7) is 7.65. The van der Waals surface area contributed by atoms with Crippen LogP contribution in [-0.4, -0.2) is 14.5 Å². The smallest absolute Gasteiger partial charge is 0.120 e. The summed E-state index contributed by atoms with van der Waals surface area (Å²) in [7, 11) is 0. The number of hydrogen-bond donors (Lipinski definition) is 0. The van der Waals surface area contributed by atoms with Gasteiger partial charge in [-0.1, -0.05) is 92.6 Å². The van der Waals surface area contributed by atoms with Crippen LogP contribution in [0.5, 0.6) is 0 Å². The molecule has 0 spiro atoms. The van der Waals surface area contributed by atoms with Gasteiger partial charge in [-0.25, -0.2) is 0 Å². The molecule has 1 fully saturated rings. The van der Waals surface area contributed by atoms with Crippen LogP contribution in [0.1, 0.15) is 69.1 Å². The monoisotopic (exact) mass is 806 g/mol. The molecule has 243 valence electrons. The molecule has 1 aliphatic heterocycles. The van der Waals surface area contributed by atoms with Crippen LogP contribution < -0.4 is 0 Å². The normalized spacial score (nSPS) is 14.3. The minimum atomic E-state index is 0. The van der Waals surface area contributed by atoms with E-state index >= 15 is 0 Å². The van der Waals surface area contributed by atoms with E-state index in [1.807, 2.05) is 42.6 Å². The van der Waals surface area contributed by atoms with Crippen molar-refractivity contribution in [2.45, 2.75) is 65.3 Å². The average Bonchev–Trinajstić information content (AvgIpc) is 3.84. The van der Waals surface area contributed by atoms with Crippen LogP contribution >= 0.6 is 0 Å². The van der Waals surface area contributed by atoms with Gasteiger partial charge < -0.3 is 14.0 Å². The molecule has 0 saturated heterocycles. The summed E-state index contributed by atoms with van der Waals surface area (Å²) in [5.74, 6) is 1.77. The molecular weight excluding hydrogens is 767 g/mol. The Balaban J connectivity index is 0.000000149. The zero-order valence-corrected chi connectivity index (χ0v) is 30.1. The van der Waals surface area contributed by atoms with E-state index in [0.29, 0.717) is 0 Å². The second-order valence-corrected chi connectivity index (χ2v) is 14.1. The molecule has 0 amide bonds. The number of benzene rings is 4. The number of rotatable bonds is 4. The molecule has 1 radical (unpaired) electrons. The molecule has 4 nitrogen and oxygen atoms in total. The number of aromatic nitrogens is 3. The van der Waals surface area contributed by atoms with Crippen LogP contribution in [0.2, 0.25) is 0 Å². The molecule has 7 aromatic rings. The van der Waals surface area contributed by atoms with E-state index in [4.69, 9.17) is 9.40 Å². The predicted molar refractivity (Wildman–Crippen MR) is 193 cm³/mol. The van der Waals surface area contributed by atoms with Gasteiger partial charge in [0.15, 0.2) is 0 Å². The molecule has 0 N–H and O–H groups in total. The van der Waals surface area contributed by atoms with E-state index < -0.39 is 0 Å². The van der Waals surface area contributed by atoms with E-state index in [0.717, 1.165) is 69.0 Å². The molecule has 9 rings (SSSR count). The first kappa shape index (κ1) is 32.2. The minimum absolute atomic E-state index is 0. The van der Waals surface area contributed by atoms with Crippen molar-refractivity contribution >= 4 is 39.0 Å². The van der Waals surface area contributed by atoms with Gasteiger partial charge in [-0.2, -0.15) is 0 Å². The number of fused-ring (bicyclic) bond motifs is 3. The van der Waals surface area contributed by atoms with Crippen molar-refractivity contribution < 1.29 is 24.5 Å². The van der Waals surface area contributed by atoms with E-state index in [-0.39, 0.29) is 25.5 Å². The van der Waals surface area contributed by atoms with Crippen molar-refractivity contribution in [3.63, 3.8) is 0 Å². The van der Waals surface area contributed by atoms with Crippen LogP contribution in [0.4, 0.5) is 0 Å². The zero-order valence-electron chi connectivity index (χ0n) is 27.7. The number of allylic oxidation sites excluding steroid dienone is 1. The fourth-order valence-corrected chi connectivity index (χ4v) is 7.44. The first-order chi connectivity index (χ1) is 22.9. The van der Waals surface area contributed by atoms with E-state index in [9.17, 15) is 0 Å². The third-order valence-electron chi connectivity index (χ3n) is 9.45. The summed E-state index contributed by atoms with van der Waals surface area (Å²) < 4.78 is 8.46. The van der Waals surface area contributed by atoms with Crippen LogP contribution in [0.15, 0.2) is 102 Å². The van der Waals surface area contributed by atoms with Gasteiger partial charge in [-0.15, -0.1) is 54.1 Å². The first-order valence-corrected chi connectivity index (χ1v) is 16.9. The number of hydrogen-bond acceptors (Lipinski definition) is 3. The van der Waals surface area contributed by atoms with Crippen LogP contribution in [0.3, 0.4) is 0 Å². The summed E-state index contributed by atoms with van der Waals surface area (Å²) >= 11 is 0. The molecule has 3 aromatic heterocycles. The van der Waals surface area contributed by atoms with E-state index in [1.165, 1.54) is 47.9 Å². The Morgan fingerprint density at radius 1 is 0.896 bits per heavy atom. The summed E-state index contributed by atoms with van der Waals surface area (Å²) in [6, 6.07) is 35.7. The average molecular weight is 806 g/mol. The van der Waals surface area contributed by atoms with Gasteiger partial charge in [0.05, 0.1) is 22.4 Å². The largest absolute Gasteiger partial charge is 0.501 e. The Kier molecular flexibility index (Phi) is 8.94. The number of pyridine rings is 1. The van der Waals surface area contributed by atoms with Gasteiger partial charge in [0.25, 0.3) is 0 Å². The SMILES string of the molecule is CC(C)(C)Cc1ccnc(-c2[c-]ccc3c2oc2ccccc23)c1.[Ir].[c-]1ccccc1-c1nc2ccc(C3CCCC3)c3c2n1CC=C3. The molecule has 48 heavy (non-hydrogen) atoms. The van der Waals surface area contributed by atoms with Crippen molar-refractivity contribution in [1.82, 2.24) is 14.5 Å². The van der Waals surface area contributed by atoms with Crippen LogP contribution in [0, 0.1) is 17.5 Å². The number of imidazole rings is 1. The van der Waals surface area contributed by atoms with Crippen LogP contribution in [-0.2, 0) is 33.1 Å². The summed E-state index contributed by atoms with van der Waals surface area (Å²) in [4.78, 5) is 9.48. The molecule has 0 bridgehead atoms. The Bertz CT molecular complexity index is 2250. The predicted octanol–water partition coefficient (Wildman–Crippen LogP) is 11.2. The topological polar surface area (TPSA) is 43.9 Å². The molecular formula is C43H39IrN3O-2. The van der Waals surface area contributed by atoms with Gasteiger partial charge in [-0.05, 0) is 60.1 Å². The van der Waals surface area contributed by atoms with Crippen molar-refractivity contribution in [1.29, 1.82) is 0 Å². The van der Waals surface area contributed by atoms with Crippen molar-refractivity contribution in [3.05, 3.63) is 126 Å². The first-order valence-electron chi connectivity index (χ1n) is 16.9. The number of furan rings is 1. The fourth-order valence-electron chi connectivity index (χ4n) is 7.44. The standard InChI is InChI=1S/C22H20NO.C21H19N2.Ir/c1-22(2,3)14-15-11-12-23-19(13-15)18-9-6-8-17-16-7-4-5-10-20(16)24-21(17)18;1-2-9-16(10-3-1)21-22-19-13-12-17(15-7-4-5-8-15)18-11-6-14-23(21)20(18)19;/h4-8,10-13H,14H2,1-3H3;1-3,6,9,11-13,15H,4-5,7-8,14H2;/q2*-1;. The third-order valence-corrected chi connectivity index (χ3v) is 9.45. The molecule has 4 heterocycles. The van der Waals surface area contributed by atoms with E-state index in [1.54, 1.807) is 0 Å². The van der Waals surface area contributed by atoms with Gasteiger partial charge in [0.2, 0.25) is 0 Å². The van der Waals surface area contributed by atoms with Crippen molar-refractivity contribution in [2.24, 2.45) is 5.41 Å². The Hall–Kier alpha value is -4.31. The van der Waals surface area contributed by atoms with Crippen molar-refractivity contribution in [2.75, 3.05) is 0 Å². The molecule has 0 unspecified atom stereocenters. The Labute approximate surface area is 296 Å². The summed E-state index contributed by atoms with van der Waals surface area (Å²) in [5.41, 5.74) is 11.6. The van der Waals surface area contributed by atoms with Gasteiger partial charge in [0, 0.05) is 43.8 Å². The summed E-state index contributed by atoms with van der Waals surface area (Å²) in [6.07, 6.45) is 12.9. The van der Waals surface area contributed by atoms with Crippen molar-refractivity contribution in [3.8, 4) is 22.6 Å². The molecule has 5 heteroatoms. The van der Waals surface area contributed by atoms with Gasteiger partial charge >= 0.3 is 0 Å². The molecule has 0 atom stereocenters. The second kappa shape index (κ2) is 13.3. The quantitative estimate of drug-likeness (QED) is 0.166. The van der Waals surface area contributed by atoms with E-state index in [2.05, 4.69) is 103 Å². The molecule has 4 aromatic carbocycles. The molecule has 2 aliphatic rings. The molecule has 1 saturated carbocycles. The third kappa shape index (κ3) is 6.18. The zero-order chi connectivity index (χ0) is 32.0. The maximum absolute atomic E-state index is 6.11.